The first kappa shape index (κ1) is 14.9. The molecule has 0 saturated carbocycles. The first-order valence-electron chi connectivity index (χ1n) is 8.35. The van der Waals surface area contributed by atoms with Gasteiger partial charge in [-0.05, 0) is 70.3 Å². The zero-order valence-electron chi connectivity index (χ0n) is 13.5. The maximum atomic E-state index is 5.66. The van der Waals surface area contributed by atoms with Gasteiger partial charge < -0.3 is 15.0 Å². The Morgan fingerprint density at radius 3 is 2.62 bits per heavy atom. The van der Waals surface area contributed by atoms with E-state index in [-0.39, 0.29) is 0 Å². The summed E-state index contributed by atoms with van der Waals surface area (Å²) in [5.41, 5.74) is 1.37. The van der Waals surface area contributed by atoms with E-state index in [1.165, 1.54) is 31.2 Å². The van der Waals surface area contributed by atoms with Crippen LogP contribution in [0.25, 0.3) is 0 Å². The van der Waals surface area contributed by atoms with E-state index in [2.05, 4.69) is 48.6 Å². The van der Waals surface area contributed by atoms with Gasteiger partial charge in [0.2, 0.25) is 0 Å². The molecule has 3 unspecified atom stereocenters. The van der Waals surface area contributed by atoms with Crippen molar-refractivity contribution in [3.8, 4) is 5.75 Å². The zero-order chi connectivity index (χ0) is 14.8. The standard InChI is InChI=1S/C18H28N2O/c1-4-21-17-7-5-6-13(12-17)18(19-2)14-10-15-8-9-16(11-14)20(15)3/h5-7,12,14-16,18-19H,4,8-11H2,1-3H3. The molecule has 0 spiro atoms. The van der Waals surface area contributed by atoms with Crippen molar-refractivity contribution in [2.75, 3.05) is 20.7 Å². The summed E-state index contributed by atoms with van der Waals surface area (Å²) < 4.78 is 5.66. The van der Waals surface area contributed by atoms with E-state index in [9.17, 15) is 0 Å². The molecular weight excluding hydrogens is 260 g/mol. The predicted octanol–water partition coefficient (Wildman–Crippen LogP) is 3.22. The summed E-state index contributed by atoms with van der Waals surface area (Å²) in [6.07, 6.45) is 5.40. The molecule has 2 fully saturated rings. The normalized spacial score (nSPS) is 30.3. The Bertz CT molecular complexity index is 462. The number of ether oxygens (including phenoxy) is 1. The van der Waals surface area contributed by atoms with Crippen LogP contribution in [-0.4, -0.2) is 37.7 Å². The van der Waals surface area contributed by atoms with Crippen LogP contribution in [0, 0.1) is 5.92 Å². The quantitative estimate of drug-likeness (QED) is 0.900. The van der Waals surface area contributed by atoms with E-state index in [1.54, 1.807) is 0 Å². The fourth-order valence-electron chi connectivity index (χ4n) is 4.36. The highest BCUT2D eigenvalue weighted by atomic mass is 16.5. The van der Waals surface area contributed by atoms with Gasteiger partial charge in [0.15, 0.2) is 0 Å². The number of nitrogens with one attached hydrogen (secondary N) is 1. The van der Waals surface area contributed by atoms with Crippen LogP contribution in [-0.2, 0) is 0 Å². The third-order valence-corrected chi connectivity index (χ3v) is 5.45. The second-order valence-corrected chi connectivity index (χ2v) is 6.55. The van der Waals surface area contributed by atoms with E-state index in [4.69, 9.17) is 4.74 Å². The molecule has 116 valence electrons. The van der Waals surface area contributed by atoms with Crippen molar-refractivity contribution in [2.45, 2.75) is 50.7 Å². The summed E-state index contributed by atoms with van der Waals surface area (Å²) in [4.78, 5) is 2.61. The molecule has 1 aromatic carbocycles. The van der Waals surface area contributed by atoms with Crippen LogP contribution in [0.3, 0.4) is 0 Å². The number of nitrogens with zero attached hydrogens (tertiary/aromatic N) is 1. The molecule has 1 N–H and O–H groups in total. The van der Waals surface area contributed by atoms with Crippen LogP contribution in [0.2, 0.25) is 0 Å². The lowest BCUT2D eigenvalue weighted by Gasteiger charge is -2.40. The highest BCUT2D eigenvalue weighted by Gasteiger charge is 2.40. The summed E-state index contributed by atoms with van der Waals surface area (Å²) in [6, 6.07) is 10.7. The van der Waals surface area contributed by atoms with Crippen LogP contribution < -0.4 is 10.1 Å². The minimum absolute atomic E-state index is 0.446. The van der Waals surface area contributed by atoms with Crippen molar-refractivity contribution >= 4 is 0 Å². The maximum absolute atomic E-state index is 5.66. The van der Waals surface area contributed by atoms with Crippen LogP contribution in [0.1, 0.15) is 44.2 Å². The third kappa shape index (κ3) is 2.95. The first-order chi connectivity index (χ1) is 10.2. The van der Waals surface area contributed by atoms with Gasteiger partial charge in [0.1, 0.15) is 5.75 Å². The number of hydrogen-bond acceptors (Lipinski definition) is 3. The molecule has 0 aliphatic carbocycles. The first-order valence-corrected chi connectivity index (χ1v) is 8.35. The molecule has 2 aliphatic rings. The fourth-order valence-corrected chi connectivity index (χ4v) is 4.36. The summed E-state index contributed by atoms with van der Waals surface area (Å²) in [5.74, 6) is 1.73. The summed E-state index contributed by atoms with van der Waals surface area (Å²) in [7, 11) is 4.40. The highest BCUT2D eigenvalue weighted by molar-refractivity contribution is 5.31. The lowest BCUT2D eigenvalue weighted by molar-refractivity contribution is 0.114. The topological polar surface area (TPSA) is 24.5 Å². The minimum Gasteiger partial charge on any atom is -0.494 e. The van der Waals surface area contributed by atoms with Gasteiger partial charge in [-0.25, -0.2) is 0 Å². The Hall–Kier alpha value is -1.06. The van der Waals surface area contributed by atoms with Crippen LogP contribution >= 0.6 is 0 Å². The smallest absolute Gasteiger partial charge is 0.119 e. The fraction of sp³-hybridized carbons (Fsp3) is 0.667. The van der Waals surface area contributed by atoms with E-state index in [0.29, 0.717) is 6.04 Å². The van der Waals surface area contributed by atoms with Crippen molar-refractivity contribution in [3.63, 3.8) is 0 Å². The van der Waals surface area contributed by atoms with Gasteiger partial charge >= 0.3 is 0 Å². The number of hydrogen-bond donors (Lipinski definition) is 1. The monoisotopic (exact) mass is 288 g/mol. The number of benzene rings is 1. The Morgan fingerprint density at radius 2 is 2.00 bits per heavy atom. The molecule has 3 nitrogen and oxygen atoms in total. The van der Waals surface area contributed by atoms with E-state index < -0.39 is 0 Å². The lowest BCUT2D eigenvalue weighted by atomic mass is 9.82. The molecule has 1 aromatic rings. The van der Waals surface area contributed by atoms with Gasteiger partial charge in [-0.1, -0.05) is 12.1 Å². The molecule has 0 amide bonds. The molecule has 3 heteroatoms. The molecule has 2 saturated heterocycles. The van der Waals surface area contributed by atoms with Gasteiger partial charge in [-0.2, -0.15) is 0 Å². The number of fused-ring (bicyclic) bond motifs is 2. The number of rotatable bonds is 5. The summed E-state index contributed by atoms with van der Waals surface area (Å²) >= 11 is 0. The predicted molar refractivity (Wildman–Crippen MR) is 86.7 cm³/mol. The van der Waals surface area contributed by atoms with E-state index >= 15 is 0 Å². The van der Waals surface area contributed by atoms with Gasteiger partial charge in [0.25, 0.3) is 0 Å². The van der Waals surface area contributed by atoms with Crippen LogP contribution in [0.15, 0.2) is 24.3 Å². The lowest BCUT2D eigenvalue weighted by Crippen LogP contribution is -2.43. The molecule has 3 rings (SSSR count). The van der Waals surface area contributed by atoms with Crippen LogP contribution in [0.4, 0.5) is 0 Å². The molecule has 21 heavy (non-hydrogen) atoms. The molecule has 0 radical (unpaired) electrons. The van der Waals surface area contributed by atoms with Crippen molar-refractivity contribution < 1.29 is 4.74 Å². The van der Waals surface area contributed by atoms with Crippen molar-refractivity contribution in [2.24, 2.45) is 5.92 Å². The Balaban J connectivity index is 1.77. The van der Waals surface area contributed by atoms with E-state index in [1.807, 2.05) is 6.92 Å². The van der Waals surface area contributed by atoms with E-state index in [0.717, 1.165) is 30.4 Å². The largest absolute Gasteiger partial charge is 0.494 e. The molecule has 2 heterocycles. The summed E-state index contributed by atoms with van der Waals surface area (Å²) in [5, 5.41) is 3.57. The summed E-state index contributed by atoms with van der Waals surface area (Å²) in [6.45, 7) is 2.77. The maximum Gasteiger partial charge on any atom is 0.119 e. The second kappa shape index (κ2) is 6.37. The van der Waals surface area contributed by atoms with Gasteiger partial charge in [0, 0.05) is 18.1 Å². The average molecular weight is 288 g/mol. The van der Waals surface area contributed by atoms with Gasteiger partial charge in [0.05, 0.1) is 6.61 Å². The molecule has 2 bridgehead atoms. The molecule has 2 aliphatic heterocycles. The Kier molecular flexibility index (Phi) is 4.51. The average Bonchev–Trinajstić information content (AvgIpc) is 2.71. The zero-order valence-corrected chi connectivity index (χ0v) is 13.5. The Labute approximate surface area is 128 Å². The van der Waals surface area contributed by atoms with Gasteiger partial charge in [-0.3, -0.25) is 0 Å². The highest BCUT2D eigenvalue weighted by Crippen LogP contribution is 2.42. The minimum atomic E-state index is 0.446. The second-order valence-electron chi connectivity index (χ2n) is 6.55. The van der Waals surface area contributed by atoms with Crippen LogP contribution in [0.5, 0.6) is 5.75 Å². The number of piperidine rings is 1. The molecule has 0 aromatic heterocycles. The SMILES string of the molecule is CCOc1cccc(C(NC)C2CC3CCC(C2)N3C)c1. The Morgan fingerprint density at radius 1 is 1.29 bits per heavy atom. The van der Waals surface area contributed by atoms with Gasteiger partial charge in [-0.15, -0.1) is 0 Å². The molecule has 3 atom stereocenters. The third-order valence-electron chi connectivity index (χ3n) is 5.45. The van der Waals surface area contributed by atoms with Crippen molar-refractivity contribution in [3.05, 3.63) is 29.8 Å². The van der Waals surface area contributed by atoms with Crippen molar-refractivity contribution in [1.29, 1.82) is 0 Å². The molecular formula is C18H28N2O. The van der Waals surface area contributed by atoms with Crippen molar-refractivity contribution in [1.82, 2.24) is 10.2 Å².